The van der Waals surface area contributed by atoms with Crippen molar-refractivity contribution in [3.63, 3.8) is 0 Å². The number of ether oxygens (including phenoxy) is 1. The van der Waals surface area contributed by atoms with Crippen LogP contribution >= 0.6 is 24.0 Å². The normalized spacial score (nSPS) is 11.5. The molecule has 2 aromatic carbocycles. The average Bonchev–Trinajstić information content (AvgIpc) is 2.71. The molecule has 0 saturated carbocycles. The highest BCUT2D eigenvalue weighted by Gasteiger charge is 2.07. The second-order valence-corrected chi connectivity index (χ2v) is 9.26. The van der Waals surface area contributed by atoms with Crippen LogP contribution in [0, 0.1) is 6.92 Å². The lowest BCUT2D eigenvalue weighted by Crippen LogP contribution is -2.38. The van der Waals surface area contributed by atoms with E-state index in [2.05, 4.69) is 42.7 Å². The first kappa shape index (κ1) is 27.2. The van der Waals surface area contributed by atoms with Gasteiger partial charge in [-0.25, -0.2) is 13.4 Å². The first-order valence-electron chi connectivity index (χ1n) is 10.4. The van der Waals surface area contributed by atoms with Crippen LogP contribution in [0.3, 0.4) is 0 Å². The topological polar surface area (TPSA) is 79.8 Å². The zero-order valence-corrected chi connectivity index (χ0v) is 21.9. The number of hydrogen-bond acceptors (Lipinski definition) is 4. The van der Waals surface area contributed by atoms with Crippen LogP contribution in [-0.2, 0) is 22.8 Å². The molecule has 0 heterocycles. The summed E-state index contributed by atoms with van der Waals surface area (Å²) in [4.78, 5) is 5.04. The maximum Gasteiger partial charge on any atom is 0.191 e. The van der Waals surface area contributed by atoms with Gasteiger partial charge in [-0.1, -0.05) is 31.2 Å². The lowest BCUT2D eigenvalue weighted by atomic mass is 10.1. The van der Waals surface area contributed by atoms with Crippen LogP contribution in [0.15, 0.2) is 52.4 Å². The molecule has 2 aromatic rings. The number of sulfone groups is 1. The van der Waals surface area contributed by atoms with Crippen LogP contribution in [0.25, 0.3) is 0 Å². The Kier molecular flexibility index (Phi) is 11.9. The van der Waals surface area contributed by atoms with E-state index in [1.807, 2.05) is 19.1 Å². The van der Waals surface area contributed by atoms with Gasteiger partial charge in [-0.2, -0.15) is 0 Å². The van der Waals surface area contributed by atoms with Gasteiger partial charge >= 0.3 is 0 Å². The number of halogens is 1. The number of nitrogens with zero attached hydrogens (tertiary/aromatic N) is 1. The van der Waals surface area contributed by atoms with E-state index in [1.165, 1.54) is 11.8 Å². The van der Waals surface area contributed by atoms with E-state index in [9.17, 15) is 8.42 Å². The van der Waals surface area contributed by atoms with Crippen molar-refractivity contribution in [2.75, 3.05) is 26.0 Å². The van der Waals surface area contributed by atoms with E-state index in [0.717, 1.165) is 42.2 Å². The van der Waals surface area contributed by atoms with Crippen molar-refractivity contribution < 1.29 is 13.2 Å². The standard InChI is InChI=1S/C23H33N3O3S.HI/c1-5-15-29-22-16-18(3)7-10-20(22)17-26-23(24-6-2)25-14-13-19-8-11-21(12-9-19)30(4,27)28;/h7-12,16H,5-6,13-15,17H2,1-4H3,(H2,24,25,26);1H. The van der Waals surface area contributed by atoms with Crippen LogP contribution in [0.1, 0.15) is 37.0 Å². The van der Waals surface area contributed by atoms with Crippen LogP contribution in [0.4, 0.5) is 0 Å². The molecule has 0 atom stereocenters. The zero-order chi connectivity index (χ0) is 22.0. The zero-order valence-electron chi connectivity index (χ0n) is 18.8. The molecule has 0 aliphatic carbocycles. The van der Waals surface area contributed by atoms with Gasteiger partial charge in [0.05, 0.1) is 18.0 Å². The van der Waals surface area contributed by atoms with Crippen molar-refractivity contribution in [3.05, 3.63) is 59.2 Å². The van der Waals surface area contributed by atoms with Crippen LogP contribution in [0.5, 0.6) is 5.75 Å². The number of aryl methyl sites for hydroxylation is 1. The molecule has 172 valence electrons. The van der Waals surface area contributed by atoms with Gasteiger partial charge in [-0.15, -0.1) is 24.0 Å². The van der Waals surface area contributed by atoms with E-state index in [1.54, 1.807) is 12.1 Å². The molecule has 0 radical (unpaired) electrons. The first-order valence-corrected chi connectivity index (χ1v) is 12.3. The molecule has 0 aliphatic rings. The smallest absolute Gasteiger partial charge is 0.191 e. The van der Waals surface area contributed by atoms with E-state index in [0.29, 0.717) is 24.6 Å². The largest absolute Gasteiger partial charge is 0.493 e. The van der Waals surface area contributed by atoms with Gasteiger partial charge in [0.15, 0.2) is 15.8 Å². The number of guanidine groups is 1. The molecule has 0 fully saturated rings. The third kappa shape index (κ3) is 9.47. The summed E-state index contributed by atoms with van der Waals surface area (Å²) in [5.41, 5.74) is 3.29. The predicted octanol–water partition coefficient (Wildman–Crippen LogP) is 4.10. The molecule has 0 aliphatic heterocycles. The lowest BCUT2D eigenvalue weighted by Gasteiger charge is -2.13. The second-order valence-electron chi connectivity index (χ2n) is 7.25. The van der Waals surface area contributed by atoms with E-state index < -0.39 is 9.84 Å². The monoisotopic (exact) mass is 559 g/mol. The van der Waals surface area contributed by atoms with Gasteiger partial charge in [-0.3, -0.25) is 0 Å². The Hall–Kier alpha value is -1.81. The summed E-state index contributed by atoms with van der Waals surface area (Å²) < 4.78 is 29.0. The Labute approximate surface area is 203 Å². The quantitative estimate of drug-likeness (QED) is 0.260. The van der Waals surface area contributed by atoms with Gasteiger partial charge in [0.1, 0.15) is 5.75 Å². The lowest BCUT2D eigenvalue weighted by molar-refractivity contribution is 0.314. The highest BCUT2D eigenvalue weighted by atomic mass is 127. The SMILES string of the molecule is CCCOc1cc(C)ccc1CN=C(NCC)NCCc1ccc(S(C)(=O)=O)cc1.I. The second kappa shape index (κ2) is 13.6. The summed E-state index contributed by atoms with van der Waals surface area (Å²) >= 11 is 0. The number of aliphatic imine (C=N–C) groups is 1. The summed E-state index contributed by atoms with van der Waals surface area (Å²) in [5.74, 6) is 1.63. The molecule has 0 amide bonds. The molecular formula is C23H34IN3O3S. The molecular weight excluding hydrogens is 525 g/mol. The fraction of sp³-hybridized carbons (Fsp3) is 0.435. The van der Waals surface area contributed by atoms with Crippen molar-refractivity contribution in [3.8, 4) is 5.75 Å². The molecule has 0 bridgehead atoms. The Bertz CT molecular complexity index is 945. The van der Waals surface area contributed by atoms with E-state index in [4.69, 9.17) is 9.73 Å². The van der Waals surface area contributed by atoms with E-state index >= 15 is 0 Å². The van der Waals surface area contributed by atoms with Crippen LogP contribution in [-0.4, -0.2) is 40.3 Å². The average molecular weight is 560 g/mol. The Balaban J connectivity index is 0.00000480. The molecule has 8 heteroatoms. The van der Waals surface area contributed by atoms with Crippen molar-refractivity contribution in [2.45, 2.75) is 45.1 Å². The summed E-state index contributed by atoms with van der Waals surface area (Å²) in [7, 11) is -3.16. The number of benzene rings is 2. The molecule has 2 N–H and O–H groups in total. The van der Waals surface area contributed by atoms with Crippen molar-refractivity contribution in [1.82, 2.24) is 10.6 Å². The Morgan fingerprint density at radius 1 is 1.06 bits per heavy atom. The number of nitrogens with one attached hydrogen (secondary N) is 2. The summed E-state index contributed by atoms with van der Waals surface area (Å²) in [6.07, 6.45) is 2.95. The van der Waals surface area contributed by atoms with E-state index in [-0.39, 0.29) is 24.0 Å². The fourth-order valence-electron chi connectivity index (χ4n) is 2.87. The molecule has 31 heavy (non-hydrogen) atoms. The molecule has 0 aromatic heterocycles. The number of rotatable bonds is 10. The maximum atomic E-state index is 11.6. The minimum absolute atomic E-state index is 0. The van der Waals surface area contributed by atoms with Crippen molar-refractivity contribution >= 4 is 39.8 Å². The molecule has 0 saturated heterocycles. The fourth-order valence-corrected chi connectivity index (χ4v) is 3.50. The molecule has 6 nitrogen and oxygen atoms in total. The molecule has 0 spiro atoms. The summed E-state index contributed by atoms with van der Waals surface area (Å²) in [6, 6.07) is 13.2. The van der Waals surface area contributed by atoms with Crippen molar-refractivity contribution in [2.24, 2.45) is 4.99 Å². The summed E-state index contributed by atoms with van der Waals surface area (Å²) in [6.45, 7) is 8.85. The molecule has 0 unspecified atom stereocenters. The minimum Gasteiger partial charge on any atom is -0.493 e. The highest BCUT2D eigenvalue weighted by Crippen LogP contribution is 2.21. The van der Waals surface area contributed by atoms with Gasteiger partial charge in [-0.05, 0) is 56.0 Å². The van der Waals surface area contributed by atoms with Gasteiger partial charge in [0.2, 0.25) is 0 Å². The summed E-state index contributed by atoms with van der Waals surface area (Å²) in [5, 5.41) is 6.60. The maximum absolute atomic E-state index is 11.6. The Morgan fingerprint density at radius 2 is 1.77 bits per heavy atom. The minimum atomic E-state index is -3.16. The van der Waals surface area contributed by atoms with Gasteiger partial charge in [0.25, 0.3) is 0 Å². The highest BCUT2D eigenvalue weighted by molar-refractivity contribution is 14.0. The predicted molar refractivity (Wildman–Crippen MR) is 138 cm³/mol. The third-order valence-electron chi connectivity index (χ3n) is 4.49. The van der Waals surface area contributed by atoms with Gasteiger partial charge in [0, 0.05) is 24.9 Å². The Morgan fingerprint density at radius 3 is 2.39 bits per heavy atom. The number of hydrogen-bond donors (Lipinski definition) is 2. The van der Waals surface area contributed by atoms with Crippen molar-refractivity contribution in [1.29, 1.82) is 0 Å². The van der Waals surface area contributed by atoms with Crippen LogP contribution in [0.2, 0.25) is 0 Å². The first-order chi connectivity index (χ1) is 14.3. The molecule has 2 rings (SSSR count). The third-order valence-corrected chi connectivity index (χ3v) is 5.62. The van der Waals surface area contributed by atoms with Crippen LogP contribution < -0.4 is 15.4 Å². The van der Waals surface area contributed by atoms with Gasteiger partial charge < -0.3 is 15.4 Å².